The number of hydrogen-bond acceptors (Lipinski definition) is 6. The van der Waals surface area contributed by atoms with E-state index < -0.39 is 5.56 Å². The van der Waals surface area contributed by atoms with Gasteiger partial charge in [-0.05, 0) is 42.1 Å². The Kier molecular flexibility index (Phi) is 7.22. The maximum atomic E-state index is 12.7. The molecule has 1 aliphatic carbocycles. The Morgan fingerprint density at radius 1 is 1.28 bits per heavy atom. The van der Waals surface area contributed by atoms with Crippen molar-refractivity contribution in [3.63, 3.8) is 0 Å². The average molecular weight is 461 g/mol. The molecule has 2 aromatic rings. The fourth-order valence-corrected chi connectivity index (χ4v) is 4.63. The van der Waals surface area contributed by atoms with Crippen LogP contribution in [0.25, 0.3) is 0 Å². The molecule has 1 fully saturated rings. The summed E-state index contributed by atoms with van der Waals surface area (Å²) in [7, 11) is 0. The Morgan fingerprint density at radius 2 is 2.00 bits per heavy atom. The van der Waals surface area contributed by atoms with Crippen LogP contribution in [0, 0.1) is 30.1 Å². The second-order valence-electron chi connectivity index (χ2n) is 9.62. The predicted octanol–water partition coefficient (Wildman–Crippen LogP) is 3.43. The Hall–Kier alpha value is -2.48. The minimum absolute atomic E-state index is 0.0526. The second-order valence-corrected chi connectivity index (χ2v) is 10.00. The Morgan fingerprint density at radius 3 is 2.69 bits per heavy atom. The number of nitrogens with one attached hydrogen (secondary N) is 2. The Bertz CT molecular complexity index is 1040. The van der Waals surface area contributed by atoms with E-state index >= 15 is 0 Å². The van der Waals surface area contributed by atoms with Crippen LogP contribution in [0.5, 0.6) is 0 Å². The molecule has 2 N–H and O–H groups in total. The monoisotopic (exact) mass is 460 g/mol. The fourth-order valence-electron chi connectivity index (χ4n) is 4.43. The molecule has 9 heteroatoms. The summed E-state index contributed by atoms with van der Waals surface area (Å²) in [5, 5.41) is 10.4. The number of aromatic nitrogens is 4. The molecule has 0 aromatic carbocycles. The van der Waals surface area contributed by atoms with Gasteiger partial charge in [0.15, 0.2) is 0 Å². The largest absolute Gasteiger partial charge is 0.379 e. The standard InChI is InChI=1S/C23H33ClN6O2/c1-13-8-25-12-27-18(13)9-26-20(31)11-30-22(32)21(24)19(10-28-30)29-17-7-14(2)23(5,6)16(4)15(17)3/h8,10,12,14-17,29H,7,9,11H2,1-6H3,(H,26,31)/t14-,15+,16+,17+/m0/s1. The molecule has 4 atom stereocenters. The van der Waals surface area contributed by atoms with Crippen molar-refractivity contribution in [3.05, 3.63) is 45.4 Å². The zero-order chi connectivity index (χ0) is 23.6. The lowest BCUT2D eigenvalue weighted by atomic mass is 9.58. The highest BCUT2D eigenvalue weighted by molar-refractivity contribution is 6.32. The SMILES string of the molecule is Cc1cncnc1CNC(=O)Cn1ncc(N[C@@H]2C[C@H](C)C(C)(C)[C@H](C)[C@H]2C)c(Cl)c1=O. The molecule has 0 radical (unpaired) electrons. The van der Waals surface area contributed by atoms with Crippen molar-refractivity contribution in [3.8, 4) is 0 Å². The molecule has 1 amide bonds. The lowest BCUT2D eigenvalue weighted by molar-refractivity contribution is -0.122. The van der Waals surface area contributed by atoms with Crippen LogP contribution in [0.3, 0.4) is 0 Å². The van der Waals surface area contributed by atoms with Gasteiger partial charge in [0.25, 0.3) is 5.56 Å². The van der Waals surface area contributed by atoms with Crippen LogP contribution in [0.2, 0.25) is 5.02 Å². The lowest BCUT2D eigenvalue weighted by Crippen LogP contribution is -2.48. The molecule has 0 unspecified atom stereocenters. The summed E-state index contributed by atoms with van der Waals surface area (Å²) >= 11 is 6.39. The Labute approximate surface area is 194 Å². The highest BCUT2D eigenvalue weighted by Gasteiger charge is 2.43. The van der Waals surface area contributed by atoms with E-state index in [1.807, 2.05) is 6.92 Å². The molecule has 32 heavy (non-hydrogen) atoms. The number of nitrogens with zero attached hydrogens (tertiary/aromatic N) is 4. The molecular weight excluding hydrogens is 428 g/mol. The Balaban J connectivity index is 1.67. The molecule has 1 saturated carbocycles. The van der Waals surface area contributed by atoms with Gasteiger partial charge in [-0.3, -0.25) is 9.59 Å². The number of amides is 1. The van der Waals surface area contributed by atoms with Crippen LogP contribution in [-0.2, 0) is 17.9 Å². The fraction of sp³-hybridized carbons (Fsp3) is 0.609. The van der Waals surface area contributed by atoms with Crippen LogP contribution in [0.1, 0.15) is 52.3 Å². The van der Waals surface area contributed by atoms with E-state index in [1.54, 1.807) is 6.20 Å². The first kappa shape index (κ1) is 24.2. The van der Waals surface area contributed by atoms with Crippen molar-refractivity contribution in [2.24, 2.45) is 23.2 Å². The van der Waals surface area contributed by atoms with Crippen LogP contribution in [0.15, 0.2) is 23.5 Å². The third-order valence-electron chi connectivity index (χ3n) is 7.55. The summed E-state index contributed by atoms with van der Waals surface area (Å²) in [6, 6.07) is 0.196. The first-order valence-electron chi connectivity index (χ1n) is 11.1. The third-order valence-corrected chi connectivity index (χ3v) is 7.92. The van der Waals surface area contributed by atoms with Crippen molar-refractivity contribution in [1.29, 1.82) is 0 Å². The summed E-state index contributed by atoms with van der Waals surface area (Å²) in [6.45, 7) is 13.3. The zero-order valence-corrected chi connectivity index (χ0v) is 20.4. The van der Waals surface area contributed by atoms with Crippen molar-refractivity contribution < 1.29 is 4.79 Å². The van der Waals surface area contributed by atoms with Crippen molar-refractivity contribution in [2.75, 3.05) is 5.32 Å². The van der Waals surface area contributed by atoms with Gasteiger partial charge in [-0.1, -0.05) is 46.2 Å². The van der Waals surface area contributed by atoms with Crippen molar-refractivity contribution in [2.45, 2.75) is 67.1 Å². The molecule has 8 nitrogen and oxygen atoms in total. The smallest absolute Gasteiger partial charge is 0.288 e. The molecule has 2 aromatic heterocycles. The van der Waals surface area contributed by atoms with Crippen LogP contribution >= 0.6 is 11.6 Å². The van der Waals surface area contributed by atoms with E-state index in [4.69, 9.17) is 11.6 Å². The number of rotatable bonds is 6. The second kappa shape index (κ2) is 9.57. The number of hydrogen-bond donors (Lipinski definition) is 2. The molecule has 2 heterocycles. The molecule has 0 aliphatic heterocycles. The van der Waals surface area contributed by atoms with E-state index in [0.29, 0.717) is 23.4 Å². The van der Waals surface area contributed by atoms with Gasteiger partial charge in [-0.2, -0.15) is 5.10 Å². The molecule has 0 bridgehead atoms. The van der Waals surface area contributed by atoms with E-state index in [2.05, 4.69) is 60.3 Å². The third kappa shape index (κ3) is 4.95. The van der Waals surface area contributed by atoms with Gasteiger partial charge in [0.05, 0.1) is 24.1 Å². The quantitative estimate of drug-likeness (QED) is 0.684. The maximum Gasteiger partial charge on any atom is 0.288 e. The molecule has 3 rings (SSSR count). The van der Waals surface area contributed by atoms with Crippen molar-refractivity contribution in [1.82, 2.24) is 25.1 Å². The van der Waals surface area contributed by atoms with Gasteiger partial charge >= 0.3 is 0 Å². The molecule has 0 spiro atoms. The van der Waals surface area contributed by atoms with Gasteiger partial charge in [-0.15, -0.1) is 0 Å². The van der Waals surface area contributed by atoms with Crippen molar-refractivity contribution >= 4 is 23.2 Å². The topological polar surface area (TPSA) is 102 Å². The summed E-state index contributed by atoms with van der Waals surface area (Å²) in [6.07, 6.45) is 5.64. The van der Waals surface area contributed by atoms with Crippen LogP contribution < -0.4 is 16.2 Å². The lowest BCUT2D eigenvalue weighted by Gasteiger charge is -2.50. The molecule has 174 valence electrons. The zero-order valence-electron chi connectivity index (χ0n) is 19.6. The van der Waals surface area contributed by atoms with E-state index in [1.165, 1.54) is 12.5 Å². The summed E-state index contributed by atoms with van der Waals surface area (Å²) in [5.74, 6) is 1.11. The average Bonchev–Trinajstić information content (AvgIpc) is 2.75. The number of carbonyl (C=O) groups excluding carboxylic acids is 1. The van der Waals surface area contributed by atoms with Crippen LogP contribution in [-0.4, -0.2) is 31.7 Å². The number of halogens is 1. The van der Waals surface area contributed by atoms with E-state index in [0.717, 1.165) is 22.4 Å². The van der Waals surface area contributed by atoms with Crippen LogP contribution in [0.4, 0.5) is 5.69 Å². The minimum Gasteiger partial charge on any atom is -0.379 e. The van der Waals surface area contributed by atoms with Gasteiger partial charge in [0.2, 0.25) is 5.91 Å². The molecular formula is C23H33ClN6O2. The van der Waals surface area contributed by atoms with Gasteiger partial charge in [0.1, 0.15) is 17.9 Å². The summed E-state index contributed by atoms with van der Waals surface area (Å²) < 4.78 is 1.08. The maximum absolute atomic E-state index is 12.7. The van der Waals surface area contributed by atoms with E-state index in [9.17, 15) is 9.59 Å². The van der Waals surface area contributed by atoms with E-state index in [-0.39, 0.29) is 35.5 Å². The first-order valence-corrected chi connectivity index (χ1v) is 11.4. The number of aryl methyl sites for hydroxylation is 1. The number of anilines is 1. The molecule has 1 aliphatic rings. The first-order chi connectivity index (χ1) is 15.0. The molecule has 0 saturated heterocycles. The van der Waals surface area contributed by atoms with Gasteiger partial charge in [-0.25, -0.2) is 14.6 Å². The van der Waals surface area contributed by atoms with Gasteiger partial charge in [0, 0.05) is 12.2 Å². The van der Waals surface area contributed by atoms with Gasteiger partial charge < -0.3 is 10.6 Å². The highest BCUT2D eigenvalue weighted by Crippen LogP contribution is 2.48. The summed E-state index contributed by atoms with van der Waals surface area (Å²) in [4.78, 5) is 33.1. The predicted molar refractivity (Wildman–Crippen MR) is 125 cm³/mol. The normalized spacial score (nSPS) is 24.7. The summed E-state index contributed by atoms with van der Waals surface area (Å²) in [5.41, 5.74) is 1.88. The minimum atomic E-state index is -0.491. The highest BCUT2D eigenvalue weighted by atomic mass is 35.5. The number of carbonyl (C=O) groups is 1.